The van der Waals surface area contributed by atoms with Crippen LogP contribution in [0.3, 0.4) is 0 Å². The predicted molar refractivity (Wildman–Crippen MR) is 92.7 cm³/mol. The smallest absolute Gasteiger partial charge is 0.245 e. The highest BCUT2D eigenvalue weighted by Crippen LogP contribution is 2.17. The van der Waals surface area contributed by atoms with Gasteiger partial charge in [0.15, 0.2) is 0 Å². The Bertz CT molecular complexity index is 643. The fourth-order valence-electron chi connectivity index (χ4n) is 3.33. The van der Waals surface area contributed by atoms with Gasteiger partial charge in [-0.25, -0.2) is 0 Å². The molecule has 7 heteroatoms. The first-order valence-electron chi connectivity index (χ1n) is 8.63. The van der Waals surface area contributed by atoms with Crippen LogP contribution in [-0.4, -0.2) is 84.8 Å². The molecule has 2 aliphatic rings. The molecule has 1 atom stereocenters. The van der Waals surface area contributed by atoms with Crippen LogP contribution in [0.15, 0.2) is 30.3 Å². The van der Waals surface area contributed by atoms with E-state index in [2.05, 4.69) is 5.32 Å². The van der Waals surface area contributed by atoms with Gasteiger partial charge in [0.25, 0.3) is 0 Å². The van der Waals surface area contributed by atoms with Crippen LogP contribution < -0.4 is 5.32 Å². The van der Waals surface area contributed by atoms with Gasteiger partial charge in [-0.1, -0.05) is 30.3 Å². The minimum Gasteiger partial charge on any atom is -0.339 e. The van der Waals surface area contributed by atoms with Crippen molar-refractivity contribution < 1.29 is 14.4 Å². The van der Waals surface area contributed by atoms with Crippen LogP contribution in [0.1, 0.15) is 5.56 Å². The van der Waals surface area contributed by atoms with Crippen LogP contribution in [0.4, 0.5) is 0 Å². The van der Waals surface area contributed by atoms with Crippen molar-refractivity contribution in [2.45, 2.75) is 12.5 Å². The number of benzene rings is 1. The van der Waals surface area contributed by atoms with E-state index in [4.69, 9.17) is 0 Å². The van der Waals surface area contributed by atoms with E-state index in [0.29, 0.717) is 19.5 Å². The molecule has 0 radical (unpaired) electrons. The Morgan fingerprint density at radius 3 is 2.52 bits per heavy atom. The summed E-state index contributed by atoms with van der Waals surface area (Å²) in [6, 6.07) is 8.97. The van der Waals surface area contributed by atoms with E-state index in [1.54, 1.807) is 11.9 Å². The Balaban J connectivity index is 1.76. The fourth-order valence-corrected chi connectivity index (χ4v) is 3.33. The Hall–Kier alpha value is -2.41. The first-order chi connectivity index (χ1) is 12.1. The molecule has 0 bridgehead atoms. The summed E-state index contributed by atoms with van der Waals surface area (Å²) in [6.45, 7) is 2.79. The highest BCUT2D eigenvalue weighted by Gasteiger charge is 2.39. The molecule has 0 aromatic heterocycles. The second-order valence-corrected chi connectivity index (χ2v) is 6.55. The van der Waals surface area contributed by atoms with Crippen molar-refractivity contribution in [1.82, 2.24) is 20.0 Å². The van der Waals surface area contributed by atoms with E-state index in [-0.39, 0.29) is 30.8 Å². The molecule has 2 fully saturated rings. The van der Waals surface area contributed by atoms with E-state index >= 15 is 0 Å². The van der Waals surface area contributed by atoms with Gasteiger partial charge in [0, 0.05) is 39.6 Å². The van der Waals surface area contributed by atoms with Crippen LogP contribution in [0.2, 0.25) is 0 Å². The SMILES string of the molecule is CN1CC(=O)N(CC(=O)N2CCNCC2)[C@@H](Cc2ccccc2)C1=O. The summed E-state index contributed by atoms with van der Waals surface area (Å²) in [6.07, 6.45) is 0.421. The monoisotopic (exact) mass is 344 g/mol. The van der Waals surface area contributed by atoms with Gasteiger partial charge in [0.1, 0.15) is 12.6 Å². The minimum atomic E-state index is -0.625. The first-order valence-corrected chi connectivity index (χ1v) is 8.63. The normalized spacial score (nSPS) is 21.6. The summed E-state index contributed by atoms with van der Waals surface area (Å²) in [5.41, 5.74) is 0.976. The average Bonchev–Trinajstić information content (AvgIpc) is 2.64. The molecule has 7 nitrogen and oxygen atoms in total. The van der Waals surface area contributed by atoms with Crippen molar-refractivity contribution in [3.05, 3.63) is 35.9 Å². The zero-order chi connectivity index (χ0) is 17.8. The second kappa shape index (κ2) is 7.65. The van der Waals surface area contributed by atoms with Crippen LogP contribution in [-0.2, 0) is 20.8 Å². The molecule has 1 aromatic rings. The van der Waals surface area contributed by atoms with Crippen LogP contribution >= 0.6 is 0 Å². The molecule has 2 saturated heterocycles. The number of carbonyl (C=O) groups is 3. The third-order valence-corrected chi connectivity index (χ3v) is 4.78. The molecule has 0 spiro atoms. The van der Waals surface area contributed by atoms with E-state index in [1.165, 1.54) is 9.80 Å². The lowest BCUT2D eigenvalue weighted by Gasteiger charge is -2.39. The van der Waals surface area contributed by atoms with Gasteiger partial charge >= 0.3 is 0 Å². The third kappa shape index (κ3) is 3.99. The van der Waals surface area contributed by atoms with Gasteiger partial charge in [0.2, 0.25) is 17.7 Å². The number of amides is 3. The molecule has 1 N–H and O–H groups in total. The average molecular weight is 344 g/mol. The van der Waals surface area contributed by atoms with Crippen LogP contribution in [0.25, 0.3) is 0 Å². The van der Waals surface area contributed by atoms with Gasteiger partial charge in [-0.05, 0) is 5.56 Å². The number of likely N-dealkylation sites (N-methyl/N-ethyl adjacent to an activating group) is 1. The lowest BCUT2D eigenvalue weighted by atomic mass is 10.0. The number of nitrogens with one attached hydrogen (secondary N) is 1. The van der Waals surface area contributed by atoms with Crippen LogP contribution in [0.5, 0.6) is 0 Å². The van der Waals surface area contributed by atoms with Crippen molar-refractivity contribution in [3.63, 3.8) is 0 Å². The molecule has 25 heavy (non-hydrogen) atoms. The molecular weight excluding hydrogens is 320 g/mol. The Kier molecular flexibility index (Phi) is 5.33. The molecule has 134 valence electrons. The number of piperazine rings is 2. The maximum absolute atomic E-state index is 12.6. The predicted octanol–water partition coefficient (Wildman–Crippen LogP) is -0.670. The van der Waals surface area contributed by atoms with E-state index in [0.717, 1.165) is 18.7 Å². The quantitative estimate of drug-likeness (QED) is 0.786. The number of nitrogens with zero attached hydrogens (tertiary/aromatic N) is 3. The third-order valence-electron chi connectivity index (χ3n) is 4.78. The van der Waals surface area contributed by atoms with E-state index in [1.807, 2.05) is 30.3 Å². The van der Waals surface area contributed by atoms with Crippen LogP contribution in [0, 0.1) is 0 Å². The molecular formula is C18H24N4O3. The Morgan fingerprint density at radius 2 is 1.84 bits per heavy atom. The Morgan fingerprint density at radius 1 is 1.16 bits per heavy atom. The second-order valence-electron chi connectivity index (χ2n) is 6.55. The lowest BCUT2D eigenvalue weighted by molar-refractivity contribution is -0.157. The molecule has 3 rings (SSSR count). The van der Waals surface area contributed by atoms with Crippen molar-refractivity contribution in [2.75, 3.05) is 46.3 Å². The summed E-state index contributed by atoms with van der Waals surface area (Å²) < 4.78 is 0. The van der Waals surface area contributed by atoms with E-state index < -0.39 is 6.04 Å². The van der Waals surface area contributed by atoms with Gasteiger partial charge in [-0.3, -0.25) is 14.4 Å². The van der Waals surface area contributed by atoms with Gasteiger partial charge in [-0.15, -0.1) is 0 Å². The minimum absolute atomic E-state index is 0.0267. The van der Waals surface area contributed by atoms with E-state index in [9.17, 15) is 14.4 Å². The Labute approximate surface area is 147 Å². The molecule has 2 heterocycles. The first kappa shape index (κ1) is 17.4. The highest BCUT2D eigenvalue weighted by atomic mass is 16.2. The lowest BCUT2D eigenvalue weighted by Crippen LogP contribution is -2.62. The summed E-state index contributed by atoms with van der Waals surface area (Å²) in [5, 5.41) is 3.20. The molecule has 0 aliphatic carbocycles. The number of hydrogen-bond acceptors (Lipinski definition) is 4. The molecule has 1 aromatic carbocycles. The number of carbonyl (C=O) groups excluding carboxylic acids is 3. The maximum atomic E-state index is 12.6. The van der Waals surface area contributed by atoms with Crippen molar-refractivity contribution in [3.8, 4) is 0 Å². The van der Waals surface area contributed by atoms with Crippen molar-refractivity contribution in [2.24, 2.45) is 0 Å². The fraction of sp³-hybridized carbons (Fsp3) is 0.500. The maximum Gasteiger partial charge on any atom is 0.245 e. The molecule has 0 unspecified atom stereocenters. The molecule has 3 amide bonds. The number of rotatable bonds is 4. The summed E-state index contributed by atoms with van der Waals surface area (Å²) in [5.74, 6) is -0.381. The zero-order valence-corrected chi connectivity index (χ0v) is 14.5. The zero-order valence-electron chi connectivity index (χ0n) is 14.5. The van der Waals surface area contributed by atoms with Crippen molar-refractivity contribution in [1.29, 1.82) is 0 Å². The van der Waals surface area contributed by atoms with Gasteiger partial charge < -0.3 is 20.0 Å². The topological polar surface area (TPSA) is 73.0 Å². The standard InChI is InChI=1S/C18H24N4O3/c1-20-12-17(24)22(13-16(23)21-9-7-19-8-10-21)15(18(20)25)11-14-5-3-2-4-6-14/h2-6,15,19H,7-13H2,1H3/t15-/m0/s1. The van der Waals surface area contributed by atoms with Crippen molar-refractivity contribution >= 4 is 17.7 Å². The number of hydrogen-bond donors (Lipinski definition) is 1. The molecule has 0 saturated carbocycles. The summed E-state index contributed by atoms with van der Waals surface area (Å²) >= 11 is 0. The molecule has 2 aliphatic heterocycles. The summed E-state index contributed by atoms with van der Waals surface area (Å²) in [4.78, 5) is 42.4. The summed E-state index contributed by atoms with van der Waals surface area (Å²) in [7, 11) is 1.63. The van der Waals surface area contributed by atoms with Gasteiger partial charge in [0.05, 0.1) is 6.54 Å². The largest absolute Gasteiger partial charge is 0.339 e. The van der Waals surface area contributed by atoms with Gasteiger partial charge in [-0.2, -0.15) is 0 Å². The highest BCUT2D eigenvalue weighted by molar-refractivity contribution is 5.97.